The molecule has 0 aromatic heterocycles. The van der Waals surface area contributed by atoms with Crippen molar-refractivity contribution in [2.24, 2.45) is 0 Å². The van der Waals surface area contributed by atoms with Gasteiger partial charge in [0.2, 0.25) is 0 Å². The molecule has 3 aromatic carbocycles. The molecule has 0 bridgehead atoms. The number of hydrogen-bond acceptors (Lipinski definition) is 3. The molecule has 30 heavy (non-hydrogen) atoms. The molecule has 1 amide bonds. The highest BCUT2D eigenvalue weighted by molar-refractivity contribution is 5.94. The molecule has 0 saturated heterocycles. The number of nitrogens with one attached hydrogen (secondary N) is 1. The first-order valence-electron chi connectivity index (χ1n) is 9.49. The number of amides is 1. The quantitative estimate of drug-likeness (QED) is 0.575. The molecule has 2 atom stereocenters. The molecule has 1 N–H and O–H groups in total. The molecular formula is C24H21F2NO3. The van der Waals surface area contributed by atoms with Gasteiger partial charge in [0, 0.05) is 18.0 Å². The maximum Gasteiger partial charge on any atom is 0.338 e. The zero-order valence-corrected chi connectivity index (χ0v) is 16.3. The van der Waals surface area contributed by atoms with Crippen LogP contribution in [0.4, 0.5) is 8.78 Å². The van der Waals surface area contributed by atoms with Crippen LogP contribution in [-0.4, -0.2) is 24.5 Å². The Morgan fingerprint density at radius 1 is 0.833 bits per heavy atom. The fourth-order valence-corrected chi connectivity index (χ4v) is 3.07. The Labute approximate surface area is 173 Å². The Kier molecular flexibility index (Phi) is 6.91. The summed E-state index contributed by atoms with van der Waals surface area (Å²) >= 11 is 0. The van der Waals surface area contributed by atoms with Crippen molar-refractivity contribution in [1.29, 1.82) is 0 Å². The van der Waals surface area contributed by atoms with Gasteiger partial charge in [0.1, 0.15) is 17.7 Å². The van der Waals surface area contributed by atoms with Gasteiger partial charge < -0.3 is 10.1 Å². The third-order valence-electron chi connectivity index (χ3n) is 4.76. The number of benzene rings is 3. The Morgan fingerprint density at radius 3 is 1.93 bits per heavy atom. The lowest BCUT2D eigenvalue weighted by molar-refractivity contribution is 0.0281. The van der Waals surface area contributed by atoms with Gasteiger partial charge in [0.25, 0.3) is 5.91 Å². The lowest BCUT2D eigenvalue weighted by atomic mass is 9.93. The Morgan fingerprint density at radius 2 is 1.37 bits per heavy atom. The SMILES string of the molecule is CC(OC(=O)c1ccc(F)cc1)C(CNC(=O)c1ccc(F)cc1)c1ccccc1. The summed E-state index contributed by atoms with van der Waals surface area (Å²) in [6.07, 6.45) is -0.571. The topological polar surface area (TPSA) is 55.4 Å². The largest absolute Gasteiger partial charge is 0.458 e. The minimum Gasteiger partial charge on any atom is -0.458 e. The highest BCUT2D eigenvalue weighted by Gasteiger charge is 2.24. The highest BCUT2D eigenvalue weighted by Crippen LogP contribution is 2.22. The number of halogens is 2. The molecule has 0 aliphatic heterocycles. The maximum atomic E-state index is 13.1. The van der Waals surface area contributed by atoms with E-state index in [1.807, 2.05) is 30.3 Å². The lowest BCUT2D eigenvalue weighted by Crippen LogP contribution is -2.34. The molecule has 0 spiro atoms. The van der Waals surface area contributed by atoms with E-state index in [-0.39, 0.29) is 23.9 Å². The van der Waals surface area contributed by atoms with Crippen LogP contribution in [0.25, 0.3) is 0 Å². The molecule has 0 radical (unpaired) electrons. The van der Waals surface area contributed by atoms with Gasteiger partial charge in [-0.2, -0.15) is 0 Å². The number of carbonyl (C=O) groups is 2. The van der Waals surface area contributed by atoms with Crippen molar-refractivity contribution in [3.05, 3.63) is 107 Å². The Balaban J connectivity index is 1.71. The van der Waals surface area contributed by atoms with Crippen molar-refractivity contribution in [2.75, 3.05) is 6.54 Å². The van der Waals surface area contributed by atoms with Crippen LogP contribution < -0.4 is 5.32 Å². The van der Waals surface area contributed by atoms with Gasteiger partial charge in [-0.1, -0.05) is 30.3 Å². The first-order chi connectivity index (χ1) is 14.4. The molecule has 0 aliphatic carbocycles. The van der Waals surface area contributed by atoms with Crippen molar-refractivity contribution >= 4 is 11.9 Å². The summed E-state index contributed by atoms with van der Waals surface area (Å²) in [6.45, 7) is 1.95. The fraction of sp³-hybridized carbons (Fsp3) is 0.167. The van der Waals surface area contributed by atoms with E-state index in [9.17, 15) is 18.4 Å². The molecule has 154 valence electrons. The predicted molar refractivity (Wildman–Crippen MR) is 109 cm³/mol. The number of rotatable bonds is 7. The standard InChI is InChI=1S/C24H21F2NO3/c1-16(30-24(29)19-9-13-21(26)14-10-19)22(17-5-3-2-4-6-17)15-27-23(28)18-7-11-20(25)12-8-18/h2-14,16,22H,15H2,1H3,(H,27,28). The number of hydrogen-bond donors (Lipinski definition) is 1. The fourth-order valence-electron chi connectivity index (χ4n) is 3.07. The van der Waals surface area contributed by atoms with E-state index in [4.69, 9.17) is 4.74 Å². The Bertz CT molecular complexity index is 989. The summed E-state index contributed by atoms with van der Waals surface area (Å²) < 4.78 is 31.7. The van der Waals surface area contributed by atoms with Crippen LogP contribution in [0.2, 0.25) is 0 Å². The summed E-state index contributed by atoms with van der Waals surface area (Å²) in [5.41, 5.74) is 1.46. The van der Waals surface area contributed by atoms with E-state index in [2.05, 4.69) is 5.32 Å². The molecular weight excluding hydrogens is 388 g/mol. The molecule has 0 aliphatic rings. The first-order valence-corrected chi connectivity index (χ1v) is 9.49. The van der Waals surface area contributed by atoms with Crippen LogP contribution in [0, 0.1) is 11.6 Å². The summed E-state index contributed by atoms with van der Waals surface area (Å²) in [5, 5.41) is 2.82. The number of ether oxygens (including phenoxy) is 1. The molecule has 0 saturated carbocycles. The van der Waals surface area contributed by atoms with Crippen LogP contribution >= 0.6 is 0 Å². The molecule has 0 fully saturated rings. The predicted octanol–water partition coefficient (Wildman–Crippen LogP) is 4.72. The van der Waals surface area contributed by atoms with Crippen LogP contribution in [0.15, 0.2) is 78.9 Å². The smallest absolute Gasteiger partial charge is 0.338 e. The third kappa shape index (κ3) is 5.50. The van der Waals surface area contributed by atoms with E-state index < -0.39 is 23.7 Å². The zero-order valence-electron chi connectivity index (χ0n) is 16.3. The van der Waals surface area contributed by atoms with Crippen LogP contribution in [0.1, 0.15) is 39.1 Å². The van der Waals surface area contributed by atoms with Gasteiger partial charge >= 0.3 is 5.97 Å². The van der Waals surface area contributed by atoms with Crippen molar-refractivity contribution in [1.82, 2.24) is 5.32 Å². The average Bonchev–Trinajstić information content (AvgIpc) is 2.75. The molecule has 3 rings (SSSR count). The van der Waals surface area contributed by atoms with E-state index in [0.717, 1.165) is 5.56 Å². The molecule has 2 unspecified atom stereocenters. The first kappa shape index (κ1) is 21.2. The Hall–Kier alpha value is -3.54. The van der Waals surface area contributed by atoms with Crippen LogP contribution in [0.3, 0.4) is 0 Å². The maximum absolute atomic E-state index is 13.1. The molecule has 6 heteroatoms. The second-order valence-corrected chi connectivity index (χ2v) is 6.85. The van der Waals surface area contributed by atoms with Gasteiger partial charge in [-0.25, -0.2) is 13.6 Å². The summed E-state index contributed by atoms with van der Waals surface area (Å²) in [5.74, 6) is -2.11. The van der Waals surface area contributed by atoms with Gasteiger partial charge in [-0.05, 0) is 61.0 Å². The lowest BCUT2D eigenvalue weighted by Gasteiger charge is -2.25. The summed E-state index contributed by atoms with van der Waals surface area (Å²) in [7, 11) is 0. The van der Waals surface area contributed by atoms with Gasteiger partial charge in [0.05, 0.1) is 5.56 Å². The van der Waals surface area contributed by atoms with E-state index in [1.54, 1.807) is 6.92 Å². The van der Waals surface area contributed by atoms with Crippen molar-refractivity contribution in [3.8, 4) is 0 Å². The minimum absolute atomic E-state index is 0.206. The second kappa shape index (κ2) is 9.78. The van der Waals surface area contributed by atoms with E-state index in [0.29, 0.717) is 5.56 Å². The minimum atomic E-state index is -0.576. The summed E-state index contributed by atoms with van der Waals surface area (Å²) in [4.78, 5) is 24.8. The van der Waals surface area contributed by atoms with Crippen LogP contribution in [-0.2, 0) is 4.74 Å². The second-order valence-electron chi connectivity index (χ2n) is 6.85. The monoisotopic (exact) mass is 409 g/mol. The van der Waals surface area contributed by atoms with Crippen molar-refractivity contribution < 1.29 is 23.1 Å². The van der Waals surface area contributed by atoms with Crippen molar-refractivity contribution in [2.45, 2.75) is 18.9 Å². The number of carbonyl (C=O) groups excluding carboxylic acids is 2. The van der Waals surface area contributed by atoms with Gasteiger partial charge in [-0.3, -0.25) is 4.79 Å². The summed E-state index contributed by atoms with van der Waals surface area (Å²) in [6, 6.07) is 19.7. The normalized spacial score (nSPS) is 12.6. The van der Waals surface area contributed by atoms with Crippen molar-refractivity contribution in [3.63, 3.8) is 0 Å². The third-order valence-corrected chi connectivity index (χ3v) is 4.76. The van der Waals surface area contributed by atoms with E-state index in [1.165, 1.54) is 48.5 Å². The number of esters is 1. The van der Waals surface area contributed by atoms with Gasteiger partial charge in [-0.15, -0.1) is 0 Å². The van der Waals surface area contributed by atoms with Gasteiger partial charge in [0.15, 0.2) is 0 Å². The van der Waals surface area contributed by atoms with E-state index >= 15 is 0 Å². The highest BCUT2D eigenvalue weighted by atomic mass is 19.1. The molecule has 3 aromatic rings. The zero-order chi connectivity index (χ0) is 21.5. The molecule has 4 nitrogen and oxygen atoms in total. The average molecular weight is 409 g/mol. The van der Waals surface area contributed by atoms with Crippen LogP contribution in [0.5, 0.6) is 0 Å². The molecule has 0 heterocycles.